The summed E-state index contributed by atoms with van der Waals surface area (Å²) in [7, 11) is 0. The third-order valence-corrected chi connectivity index (χ3v) is 13.2. The highest BCUT2D eigenvalue weighted by Crippen LogP contribution is 2.55. The van der Waals surface area contributed by atoms with Gasteiger partial charge in [-0.2, -0.15) is 0 Å². The molecular formula is C52H28BN3O2. The quantitative estimate of drug-likeness (QED) is 0.157. The van der Waals surface area contributed by atoms with Crippen LogP contribution >= 0.6 is 0 Å². The molecule has 0 atom stereocenters. The summed E-state index contributed by atoms with van der Waals surface area (Å²) >= 11 is 0. The van der Waals surface area contributed by atoms with Crippen molar-refractivity contribution in [3.8, 4) is 28.3 Å². The van der Waals surface area contributed by atoms with Crippen molar-refractivity contribution in [2.45, 2.75) is 0 Å². The molecule has 6 heteroatoms. The lowest BCUT2D eigenvalue weighted by Crippen LogP contribution is -2.55. The summed E-state index contributed by atoms with van der Waals surface area (Å²) in [5, 5.41) is 9.72. The predicted molar refractivity (Wildman–Crippen MR) is 239 cm³/mol. The van der Waals surface area contributed by atoms with Gasteiger partial charge in [0.2, 0.25) is 0 Å². The standard InChI is InChI=1S/C52H28BN3O2/c1-2-13-30-29(12-1)24-25-41-48(30)49-43(54-39-19-6-9-22-45(39)58-46-23-10-7-20-40(46)54)27-36-34-17-11-16-33-31-14-3-5-18-38(31)56(51(33)34)53-37-28-47-35(32-15-4-8-21-44(32)57-47)26-42(37)55(41)52(49)50(36)53/h1-28H. The molecule has 0 amide bonds. The zero-order valence-electron chi connectivity index (χ0n) is 30.9. The topological polar surface area (TPSA) is 35.5 Å². The SMILES string of the molecule is c1ccc2c(c1)Oc1ccccc1N2c1cc2c3c4c1c1c5ccccc5ccc1n4-c1cc4c(cc1B3n1c3ccccc3c3cccc-2c31)oc1ccccc14. The number of aromatic nitrogens is 2. The lowest BCUT2D eigenvalue weighted by atomic mass is 9.45. The molecular weight excluding hydrogens is 709 g/mol. The van der Waals surface area contributed by atoms with Crippen LogP contribution in [0, 0.1) is 0 Å². The maximum atomic E-state index is 6.69. The third-order valence-electron chi connectivity index (χ3n) is 13.2. The molecule has 0 unspecified atom stereocenters. The number of fused-ring (bicyclic) bond motifs is 18. The largest absolute Gasteiger partial charge is 0.456 e. The highest BCUT2D eigenvalue weighted by atomic mass is 16.5. The van der Waals surface area contributed by atoms with Crippen molar-refractivity contribution in [3.05, 3.63) is 170 Å². The van der Waals surface area contributed by atoms with E-state index >= 15 is 0 Å². The Balaban J connectivity index is 1.23. The van der Waals surface area contributed by atoms with Gasteiger partial charge in [-0.25, -0.2) is 0 Å². The molecule has 0 spiro atoms. The first-order valence-corrected chi connectivity index (χ1v) is 20.0. The fourth-order valence-electron chi connectivity index (χ4n) is 11.0. The summed E-state index contributed by atoms with van der Waals surface area (Å²) in [5.74, 6) is 1.68. The van der Waals surface area contributed by atoms with E-state index in [4.69, 9.17) is 9.15 Å². The number of para-hydroxylation sites is 7. The van der Waals surface area contributed by atoms with Crippen LogP contribution in [0.25, 0.3) is 93.1 Å². The Morgan fingerprint density at radius 2 is 1.16 bits per heavy atom. The molecule has 6 heterocycles. The van der Waals surface area contributed by atoms with Crippen molar-refractivity contribution < 1.29 is 9.15 Å². The molecule has 0 saturated heterocycles. The van der Waals surface area contributed by atoms with E-state index in [1.54, 1.807) is 0 Å². The van der Waals surface area contributed by atoms with Crippen LogP contribution in [0.2, 0.25) is 0 Å². The van der Waals surface area contributed by atoms with Gasteiger partial charge in [0.1, 0.15) is 11.2 Å². The summed E-state index contributed by atoms with van der Waals surface area (Å²) in [5.41, 5.74) is 16.1. The second-order valence-corrected chi connectivity index (χ2v) is 16.0. The summed E-state index contributed by atoms with van der Waals surface area (Å²) in [6.45, 7) is -0.108. The number of furan rings is 1. The normalized spacial score (nSPS) is 13.6. The van der Waals surface area contributed by atoms with Crippen LogP contribution in [0.1, 0.15) is 0 Å². The first-order chi connectivity index (χ1) is 28.8. The smallest absolute Gasteiger partial charge is 0.333 e. The number of nitrogens with zero attached hydrogens (tertiary/aromatic N) is 3. The van der Waals surface area contributed by atoms with Crippen molar-refractivity contribution in [1.82, 2.24) is 9.05 Å². The summed E-state index contributed by atoms with van der Waals surface area (Å²) in [4.78, 5) is 2.46. The van der Waals surface area contributed by atoms with E-state index in [9.17, 15) is 0 Å². The molecule has 0 saturated carbocycles. The minimum atomic E-state index is -0.108. The molecule has 0 radical (unpaired) electrons. The van der Waals surface area contributed by atoms with Gasteiger partial charge in [-0.15, -0.1) is 0 Å². The fraction of sp³-hybridized carbons (Fsp3) is 0. The summed E-state index contributed by atoms with van der Waals surface area (Å²) in [6.07, 6.45) is 0. The van der Waals surface area contributed by atoms with Gasteiger partial charge in [0.05, 0.1) is 28.1 Å². The fourth-order valence-corrected chi connectivity index (χ4v) is 11.0. The average Bonchev–Trinajstić information content (AvgIpc) is 3.94. The number of anilines is 3. The van der Waals surface area contributed by atoms with Gasteiger partial charge in [-0.05, 0) is 87.9 Å². The zero-order chi connectivity index (χ0) is 37.4. The van der Waals surface area contributed by atoms with Crippen molar-refractivity contribution in [2.75, 3.05) is 4.90 Å². The van der Waals surface area contributed by atoms with Crippen LogP contribution in [0.4, 0.5) is 17.1 Å². The average molecular weight is 738 g/mol. The molecule has 3 aromatic heterocycles. The Morgan fingerprint density at radius 3 is 2.02 bits per heavy atom. The maximum Gasteiger partial charge on any atom is 0.333 e. The molecule has 12 aromatic rings. The van der Waals surface area contributed by atoms with Crippen LogP contribution in [-0.2, 0) is 0 Å². The minimum absolute atomic E-state index is 0.108. The van der Waals surface area contributed by atoms with Gasteiger partial charge < -0.3 is 23.1 Å². The second-order valence-electron chi connectivity index (χ2n) is 16.0. The monoisotopic (exact) mass is 737 g/mol. The molecule has 0 bridgehead atoms. The molecule has 0 fully saturated rings. The predicted octanol–water partition coefficient (Wildman–Crippen LogP) is 12.5. The number of hydrogen-bond acceptors (Lipinski definition) is 3. The third kappa shape index (κ3) is 3.40. The zero-order valence-corrected chi connectivity index (χ0v) is 30.9. The summed E-state index contributed by atoms with van der Waals surface area (Å²) in [6, 6.07) is 61.9. The van der Waals surface area contributed by atoms with Crippen LogP contribution in [0.5, 0.6) is 11.5 Å². The number of ether oxygens (including phenoxy) is 1. The molecule has 9 aromatic carbocycles. The van der Waals surface area contributed by atoms with E-state index < -0.39 is 0 Å². The molecule has 3 aliphatic rings. The van der Waals surface area contributed by atoms with Crippen molar-refractivity contribution in [1.29, 1.82) is 0 Å². The molecule has 58 heavy (non-hydrogen) atoms. The highest BCUT2D eigenvalue weighted by Gasteiger charge is 2.44. The van der Waals surface area contributed by atoms with Gasteiger partial charge in [0.15, 0.2) is 11.5 Å². The van der Waals surface area contributed by atoms with Crippen LogP contribution < -0.4 is 20.6 Å². The van der Waals surface area contributed by atoms with E-state index in [2.05, 4.69) is 184 Å². The number of hydrogen-bond donors (Lipinski definition) is 0. The molecule has 3 aliphatic heterocycles. The lowest BCUT2D eigenvalue weighted by molar-refractivity contribution is 0.477. The molecule has 0 N–H and O–H groups in total. The maximum absolute atomic E-state index is 6.69. The first-order valence-electron chi connectivity index (χ1n) is 20.0. The van der Waals surface area contributed by atoms with Gasteiger partial charge >= 0.3 is 6.85 Å². The van der Waals surface area contributed by atoms with Crippen LogP contribution in [0.15, 0.2) is 174 Å². The Bertz CT molecular complexity index is 3820. The van der Waals surface area contributed by atoms with Crippen molar-refractivity contribution in [3.63, 3.8) is 0 Å². The van der Waals surface area contributed by atoms with Gasteiger partial charge in [-0.1, -0.05) is 109 Å². The van der Waals surface area contributed by atoms with E-state index in [1.165, 1.54) is 82.1 Å². The molecule has 0 aliphatic carbocycles. The first kappa shape index (κ1) is 29.6. The van der Waals surface area contributed by atoms with E-state index in [-0.39, 0.29) is 6.85 Å². The van der Waals surface area contributed by atoms with Crippen LogP contribution in [-0.4, -0.2) is 15.9 Å². The summed E-state index contributed by atoms with van der Waals surface area (Å²) < 4.78 is 18.5. The minimum Gasteiger partial charge on any atom is -0.456 e. The van der Waals surface area contributed by atoms with Crippen molar-refractivity contribution in [2.24, 2.45) is 0 Å². The van der Waals surface area contributed by atoms with Gasteiger partial charge in [0.25, 0.3) is 0 Å². The lowest BCUT2D eigenvalue weighted by Gasteiger charge is -2.37. The van der Waals surface area contributed by atoms with Gasteiger partial charge in [0, 0.05) is 54.6 Å². The second kappa shape index (κ2) is 10.2. The Morgan fingerprint density at radius 1 is 0.431 bits per heavy atom. The molecule has 15 rings (SSSR count). The van der Waals surface area contributed by atoms with E-state index in [1.807, 2.05) is 0 Å². The number of rotatable bonds is 1. The van der Waals surface area contributed by atoms with E-state index in [0.29, 0.717) is 0 Å². The highest BCUT2D eigenvalue weighted by molar-refractivity contribution is 6.90. The van der Waals surface area contributed by atoms with Gasteiger partial charge in [-0.3, -0.25) is 0 Å². The Hall–Kier alpha value is -7.70. The Kier molecular flexibility index (Phi) is 5.19. The van der Waals surface area contributed by atoms with Crippen molar-refractivity contribution >= 4 is 111 Å². The molecule has 266 valence electrons. The molecule has 5 nitrogen and oxygen atoms in total. The Labute approximate surface area is 331 Å². The number of benzene rings is 9. The van der Waals surface area contributed by atoms with E-state index in [0.717, 1.165) is 50.5 Å². The van der Waals surface area contributed by atoms with Crippen LogP contribution in [0.3, 0.4) is 0 Å².